The molecule has 4 heteroatoms. The third-order valence-electron chi connectivity index (χ3n) is 1.000. The van der Waals surface area contributed by atoms with Crippen LogP contribution in [0.3, 0.4) is 0 Å². The molecule has 3 nitrogen and oxygen atoms in total. The van der Waals surface area contributed by atoms with E-state index in [9.17, 15) is 0 Å². The van der Waals surface area contributed by atoms with Gasteiger partial charge in [-0.3, -0.25) is 0 Å². The summed E-state index contributed by atoms with van der Waals surface area (Å²) in [7, 11) is 0. The molecule has 0 bridgehead atoms. The number of aliphatic hydroxyl groups excluding tert-OH is 2. The van der Waals surface area contributed by atoms with Crippen molar-refractivity contribution in [1.29, 1.82) is 0 Å². The van der Waals surface area contributed by atoms with Crippen molar-refractivity contribution < 1.29 is 10.2 Å². The Morgan fingerprint density at radius 3 is 1.67 bits per heavy atom. The number of aliphatic hydroxyl groups is 2. The number of hydrogen-bond donors (Lipinski definition) is 3. The molecule has 0 spiro atoms. The van der Waals surface area contributed by atoms with Crippen molar-refractivity contribution in [3.8, 4) is 0 Å². The van der Waals surface area contributed by atoms with Gasteiger partial charge >= 0.3 is 0 Å². The summed E-state index contributed by atoms with van der Waals surface area (Å²) in [5, 5.41) is 16.6. The lowest BCUT2D eigenvalue weighted by Crippen LogP contribution is -2.22. The molecule has 0 saturated carbocycles. The van der Waals surface area contributed by atoms with Crippen LogP contribution in [0.1, 0.15) is 12.8 Å². The van der Waals surface area contributed by atoms with Gasteiger partial charge < -0.3 is 15.9 Å². The van der Waals surface area contributed by atoms with E-state index < -0.39 is 0 Å². The summed E-state index contributed by atoms with van der Waals surface area (Å²) in [4.78, 5) is 0. The van der Waals surface area contributed by atoms with Gasteiger partial charge in [0.15, 0.2) is 0 Å². The van der Waals surface area contributed by atoms with Crippen LogP contribution in [0, 0.1) is 0 Å². The van der Waals surface area contributed by atoms with Gasteiger partial charge in [-0.05, 0) is 12.8 Å². The van der Waals surface area contributed by atoms with Gasteiger partial charge in [0, 0.05) is 19.3 Å². The second kappa shape index (κ2) is 8.36. The summed E-state index contributed by atoms with van der Waals surface area (Å²) in [5.41, 5.74) is 5.37. The summed E-state index contributed by atoms with van der Waals surface area (Å²) in [6, 6.07) is -0.0370. The molecule has 0 radical (unpaired) electrons. The van der Waals surface area contributed by atoms with E-state index in [1.165, 1.54) is 0 Å². The van der Waals surface area contributed by atoms with Crippen LogP contribution in [-0.2, 0) is 0 Å². The van der Waals surface area contributed by atoms with E-state index >= 15 is 0 Å². The Labute approximate surface area is 65.6 Å². The van der Waals surface area contributed by atoms with Crippen LogP contribution in [0.15, 0.2) is 0 Å². The van der Waals surface area contributed by atoms with Gasteiger partial charge in [-0.25, -0.2) is 0 Å². The molecular formula is C5H14BrNO2. The predicted octanol–water partition coefficient (Wildman–Crippen LogP) is -0.344. The average Bonchev–Trinajstić information content (AvgIpc) is 1.68. The van der Waals surface area contributed by atoms with Crippen molar-refractivity contribution >= 4 is 17.0 Å². The lowest BCUT2D eigenvalue weighted by Gasteiger charge is -2.05. The van der Waals surface area contributed by atoms with Gasteiger partial charge in [0.05, 0.1) is 0 Å². The molecular weight excluding hydrogens is 186 g/mol. The molecule has 0 fully saturated rings. The average molecular weight is 200 g/mol. The molecule has 0 unspecified atom stereocenters. The highest BCUT2D eigenvalue weighted by molar-refractivity contribution is 8.93. The van der Waals surface area contributed by atoms with Crippen LogP contribution in [0.2, 0.25) is 0 Å². The molecule has 9 heavy (non-hydrogen) atoms. The van der Waals surface area contributed by atoms with Crippen LogP contribution in [0.5, 0.6) is 0 Å². The molecule has 0 aliphatic rings. The topological polar surface area (TPSA) is 66.5 Å². The second-order valence-electron chi connectivity index (χ2n) is 1.78. The Balaban J connectivity index is 0. The minimum absolute atomic E-state index is 0. The number of hydrogen-bond acceptors (Lipinski definition) is 3. The third kappa shape index (κ3) is 8.36. The highest BCUT2D eigenvalue weighted by atomic mass is 79.9. The monoisotopic (exact) mass is 199 g/mol. The van der Waals surface area contributed by atoms with Gasteiger partial charge in [0.1, 0.15) is 0 Å². The van der Waals surface area contributed by atoms with Crippen molar-refractivity contribution in [3.05, 3.63) is 0 Å². The quantitative estimate of drug-likeness (QED) is 0.581. The molecule has 0 amide bonds. The minimum Gasteiger partial charge on any atom is -0.396 e. The normalized spacial score (nSPS) is 9.33. The highest BCUT2D eigenvalue weighted by Gasteiger charge is 1.97. The SMILES string of the molecule is Br.NC(CCO)CCO. The maximum atomic E-state index is 8.30. The van der Waals surface area contributed by atoms with Crippen LogP contribution in [0.4, 0.5) is 0 Å². The molecule has 58 valence electrons. The molecule has 0 atom stereocenters. The van der Waals surface area contributed by atoms with Crippen molar-refractivity contribution in [3.63, 3.8) is 0 Å². The van der Waals surface area contributed by atoms with Gasteiger partial charge in [0.25, 0.3) is 0 Å². The second-order valence-corrected chi connectivity index (χ2v) is 1.78. The minimum atomic E-state index is -0.0370. The highest BCUT2D eigenvalue weighted by Crippen LogP contribution is 1.90. The zero-order valence-corrected chi connectivity index (χ0v) is 7.00. The van der Waals surface area contributed by atoms with E-state index in [0.29, 0.717) is 12.8 Å². The van der Waals surface area contributed by atoms with Crippen LogP contribution >= 0.6 is 17.0 Å². The van der Waals surface area contributed by atoms with Gasteiger partial charge in [0.2, 0.25) is 0 Å². The molecule has 0 rings (SSSR count). The molecule has 0 aliphatic heterocycles. The van der Waals surface area contributed by atoms with Crippen LogP contribution < -0.4 is 5.73 Å². The summed E-state index contributed by atoms with van der Waals surface area (Å²) in [5.74, 6) is 0. The Kier molecular flexibility index (Phi) is 11.2. The summed E-state index contributed by atoms with van der Waals surface area (Å²) < 4.78 is 0. The van der Waals surface area contributed by atoms with Crippen molar-refractivity contribution in [2.75, 3.05) is 13.2 Å². The van der Waals surface area contributed by atoms with Crippen molar-refractivity contribution in [1.82, 2.24) is 0 Å². The first-order valence-corrected chi connectivity index (χ1v) is 2.78. The van der Waals surface area contributed by atoms with E-state index in [-0.39, 0.29) is 36.2 Å². The van der Waals surface area contributed by atoms with E-state index in [4.69, 9.17) is 15.9 Å². The first-order valence-electron chi connectivity index (χ1n) is 2.78. The van der Waals surface area contributed by atoms with Gasteiger partial charge in [-0.15, -0.1) is 17.0 Å². The standard InChI is InChI=1S/C5H13NO2.BrH/c6-5(1-3-7)2-4-8;/h5,7-8H,1-4,6H2;1H. The Hall–Kier alpha value is 0.360. The molecule has 4 N–H and O–H groups in total. The van der Waals surface area contributed by atoms with Crippen LogP contribution in [0.25, 0.3) is 0 Å². The lowest BCUT2D eigenvalue weighted by molar-refractivity contribution is 0.242. The molecule has 0 aliphatic carbocycles. The largest absolute Gasteiger partial charge is 0.396 e. The zero-order valence-electron chi connectivity index (χ0n) is 5.29. The van der Waals surface area contributed by atoms with Gasteiger partial charge in [-0.2, -0.15) is 0 Å². The van der Waals surface area contributed by atoms with Crippen molar-refractivity contribution in [2.24, 2.45) is 5.73 Å². The van der Waals surface area contributed by atoms with E-state index in [1.807, 2.05) is 0 Å². The Morgan fingerprint density at radius 2 is 1.44 bits per heavy atom. The van der Waals surface area contributed by atoms with E-state index in [0.717, 1.165) is 0 Å². The molecule has 0 aromatic rings. The first-order chi connectivity index (χ1) is 3.81. The first kappa shape index (κ1) is 12.1. The van der Waals surface area contributed by atoms with E-state index in [2.05, 4.69) is 0 Å². The number of halogens is 1. The lowest BCUT2D eigenvalue weighted by atomic mass is 10.2. The molecule has 0 aromatic carbocycles. The molecule has 0 saturated heterocycles. The third-order valence-corrected chi connectivity index (χ3v) is 1.000. The summed E-state index contributed by atoms with van der Waals surface area (Å²) in [6.07, 6.45) is 1.17. The fourth-order valence-electron chi connectivity index (χ4n) is 0.476. The number of nitrogens with two attached hydrogens (primary N) is 1. The zero-order chi connectivity index (χ0) is 6.41. The van der Waals surface area contributed by atoms with Crippen LogP contribution in [-0.4, -0.2) is 29.5 Å². The fraction of sp³-hybridized carbons (Fsp3) is 1.00. The Morgan fingerprint density at radius 1 is 1.11 bits per heavy atom. The smallest absolute Gasteiger partial charge is 0.0445 e. The fourth-order valence-corrected chi connectivity index (χ4v) is 0.476. The predicted molar refractivity (Wildman–Crippen MR) is 41.7 cm³/mol. The summed E-state index contributed by atoms with van der Waals surface area (Å²) >= 11 is 0. The summed E-state index contributed by atoms with van der Waals surface area (Å²) in [6.45, 7) is 0.225. The van der Waals surface area contributed by atoms with Crippen molar-refractivity contribution in [2.45, 2.75) is 18.9 Å². The Bertz CT molecular complexity index is 48.2. The van der Waals surface area contributed by atoms with Gasteiger partial charge in [-0.1, -0.05) is 0 Å². The molecule has 0 aromatic heterocycles. The number of rotatable bonds is 4. The maximum absolute atomic E-state index is 8.30. The maximum Gasteiger partial charge on any atom is 0.0445 e. The van der Waals surface area contributed by atoms with E-state index in [1.54, 1.807) is 0 Å². The molecule has 0 heterocycles.